The maximum atomic E-state index is 5.74. The van der Waals surface area contributed by atoms with Crippen molar-refractivity contribution in [2.24, 2.45) is 5.73 Å². The first-order chi connectivity index (χ1) is 5.83. The van der Waals surface area contributed by atoms with Crippen LogP contribution in [-0.2, 0) is 0 Å². The smallest absolute Gasteiger partial charge is 0.187 e. The fourth-order valence-corrected chi connectivity index (χ4v) is 1.53. The molecule has 0 saturated carbocycles. The predicted molar refractivity (Wildman–Crippen MR) is 58.3 cm³/mol. The van der Waals surface area contributed by atoms with Gasteiger partial charge in [0.1, 0.15) is 0 Å². The summed E-state index contributed by atoms with van der Waals surface area (Å²) in [5.41, 5.74) is 5.74. The molecule has 0 aliphatic carbocycles. The van der Waals surface area contributed by atoms with E-state index in [1.54, 1.807) is 24.2 Å². The molecule has 1 aromatic heterocycles. The molecule has 74 valence electrons. The van der Waals surface area contributed by atoms with Crippen LogP contribution in [0.3, 0.4) is 0 Å². The molecule has 0 aliphatic rings. The Balaban J connectivity index is 0.00000144. The van der Waals surface area contributed by atoms with E-state index in [1.165, 1.54) is 0 Å². The highest BCUT2D eigenvalue weighted by molar-refractivity contribution is 7.99. The third kappa shape index (κ3) is 5.08. The molecule has 1 aromatic rings. The van der Waals surface area contributed by atoms with Gasteiger partial charge in [0.25, 0.3) is 0 Å². The van der Waals surface area contributed by atoms with Gasteiger partial charge >= 0.3 is 0 Å². The maximum Gasteiger partial charge on any atom is 0.187 e. The molecule has 3 nitrogen and oxygen atoms in total. The number of rotatable bonds is 4. The lowest BCUT2D eigenvalue weighted by atomic mass is 10.3. The first kappa shape index (κ1) is 12.7. The molecule has 5 heteroatoms. The Bertz CT molecular complexity index is 220. The normalized spacial score (nSPS) is 11.8. The number of hydrogen-bond acceptors (Lipinski definition) is 4. The molecule has 1 unspecified atom stereocenters. The van der Waals surface area contributed by atoms with Crippen LogP contribution in [-0.4, -0.2) is 21.8 Å². The van der Waals surface area contributed by atoms with Crippen LogP contribution < -0.4 is 5.73 Å². The summed E-state index contributed by atoms with van der Waals surface area (Å²) in [6.07, 6.45) is 4.49. The quantitative estimate of drug-likeness (QED) is 0.619. The monoisotopic (exact) mass is 219 g/mol. The van der Waals surface area contributed by atoms with Crippen molar-refractivity contribution in [1.29, 1.82) is 0 Å². The first-order valence-corrected chi connectivity index (χ1v) is 4.97. The van der Waals surface area contributed by atoms with Gasteiger partial charge in [-0.25, -0.2) is 9.97 Å². The molecule has 1 heterocycles. The zero-order valence-corrected chi connectivity index (χ0v) is 9.14. The molecule has 0 aromatic carbocycles. The zero-order chi connectivity index (χ0) is 8.81. The molecule has 0 radical (unpaired) electrons. The lowest BCUT2D eigenvalue weighted by Crippen LogP contribution is -2.21. The highest BCUT2D eigenvalue weighted by Crippen LogP contribution is 2.12. The van der Waals surface area contributed by atoms with Crippen molar-refractivity contribution in [3.63, 3.8) is 0 Å². The molecule has 0 saturated heterocycles. The molecule has 13 heavy (non-hydrogen) atoms. The van der Waals surface area contributed by atoms with Crippen molar-refractivity contribution >= 4 is 24.2 Å². The van der Waals surface area contributed by atoms with Crippen LogP contribution in [0.5, 0.6) is 0 Å². The first-order valence-electron chi connectivity index (χ1n) is 3.98. The number of nitrogens with zero attached hydrogens (tertiary/aromatic N) is 2. The van der Waals surface area contributed by atoms with Crippen molar-refractivity contribution in [3.05, 3.63) is 18.5 Å². The molecule has 0 aliphatic heterocycles. The summed E-state index contributed by atoms with van der Waals surface area (Å²) >= 11 is 1.61. The molecular formula is C8H14ClN3S. The Labute approximate surface area is 88.9 Å². The second-order valence-electron chi connectivity index (χ2n) is 2.51. The Morgan fingerprint density at radius 1 is 1.46 bits per heavy atom. The Hall–Kier alpha value is -0.320. The fourth-order valence-electron chi connectivity index (χ4n) is 0.659. The number of hydrogen-bond donors (Lipinski definition) is 1. The van der Waals surface area contributed by atoms with E-state index in [9.17, 15) is 0 Å². The van der Waals surface area contributed by atoms with Gasteiger partial charge in [-0.1, -0.05) is 18.7 Å². The van der Waals surface area contributed by atoms with Gasteiger partial charge in [-0.2, -0.15) is 0 Å². The van der Waals surface area contributed by atoms with Crippen LogP contribution in [0.2, 0.25) is 0 Å². The van der Waals surface area contributed by atoms with Gasteiger partial charge in [0.2, 0.25) is 0 Å². The van der Waals surface area contributed by atoms with E-state index in [1.807, 2.05) is 6.07 Å². The van der Waals surface area contributed by atoms with Gasteiger partial charge in [-0.15, -0.1) is 12.4 Å². The summed E-state index contributed by atoms with van der Waals surface area (Å²) in [4.78, 5) is 8.16. The van der Waals surface area contributed by atoms with Crippen LogP contribution in [0, 0.1) is 0 Å². The third-order valence-corrected chi connectivity index (χ3v) is 2.56. The van der Waals surface area contributed by atoms with Gasteiger partial charge in [-0.3, -0.25) is 0 Å². The van der Waals surface area contributed by atoms with Gasteiger partial charge in [0, 0.05) is 24.2 Å². The summed E-state index contributed by atoms with van der Waals surface area (Å²) in [5, 5.41) is 0.807. The fraction of sp³-hybridized carbons (Fsp3) is 0.500. The number of aromatic nitrogens is 2. The van der Waals surface area contributed by atoms with E-state index in [4.69, 9.17) is 5.73 Å². The summed E-state index contributed by atoms with van der Waals surface area (Å²) in [6, 6.07) is 2.06. The van der Waals surface area contributed by atoms with E-state index < -0.39 is 0 Å². The van der Waals surface area contributed by atoms with Crippen LogP contribution in [0.15, 0.2) is 23.6 Å². The van der Waals surface area contributed by atoms with Crippen LogP contribution in [0.4, 0.5) is 0 Å². The van der Waals surface area contributed by atoms with Crippen molar-refractivity contribution in [2.75, 3.05) is 5.75 Å². The standard InChI is InChI=1S/C8H13N3S.ClH/c1-2-7(9)6-12-8-10-4-3-5-11-8;/h3-5,7H,2,6,9H2,1H3;1H. The van der Waals surface area contributed by atoms with Gasteiger partial charge in [-0.05, 0) is 12.5 Å². The zero-order valence-electron chi connectivity index (χ0n) is 7.51. The van der Waals surface area contributed by atoms with Crippen molar-refractivity contribution in [1.82, 2.24) is 9.97 Å². The minimum atomic E-state index is 0. The van der Waals surface area contributed by atoms with E-state index in [0.717, 1.165) is 17.3 Å². The van der Waals surface area contributed by atoms with Gasteiger partial charge < -0.3 is 5.73 Å². The molecule has 0 spiro atoms. The highest BCUT2D eigenvalue weighted by atomic mass is 35.5. The summed E-state index contributed by atoms with van der Waals surface area (Å²) in [5.74, 6) is 0.889. The Kier molecular flexibility index (Phi) is 6.94. The average molecular weight is 220 g/mol. The molecule has 1 rings (SSSR count). The molecule has 0 bridgehead atoms. The minimum Gasteiger partial charge on any atom is -0.327 e. The molecule has 2 N–H and O–H groups in total. The van der Waals surface area contributed by atoms with E-state index >= 15 is 0 Å². The highest BCUT2D eigenvalue weighted by Gasteiger charge is 2.01. The van der Waals surface area contributed by atoms with Crippen molar-refractivity contribution < 1.29 is 0 Å². The van der Waals surface area contributed by atoms with Crippen molar-refractivity contribution in [2.45, 2.75) is 24.5 Å². The lowest BCUT2D eigenvalue weighted by molar-refractivity contribution is 0.723. The molecule has 0 amide bonds. The van der Waals surface area contributed by atoms with Gasteiger partial charge in [0.05, 0.1) is 0 Å². The molecular weight excluding hydrogens is 206 g/mol. The minimum absolute atomic E-state index is 0. The largest absolute Gasteiger partial charge is 0.327 e. The predicted octanol–water partition coefficient (Wildman–Crippen LogP) is 1.73. The SMILES string of the molecule is CCC(N)CSc1ncccn1.Cl. The number of thioether (sulfide) groups is 1. The maximum absolute atomic E-state index is 5.74. The Morgan fingerprint density at radius 2 is 2.08 bits per heavy atom. The van der Waals surface area contributed by atoms with Crippen LogP contribution in [0.1, 0.15) is 13.3 Å². The topological polar surface area (TPSA) is 51.8 Å². The second-order valence-corrected chi connectivity index (χ2v) is 3.50. The molecule has 1 atom stereocenters. The molecule has 0 fully saturated rings. The Morgan fingerprint density at radius 3 is 2.62 bits per heavy atom. The summed E-state index contributed by atoms with van der Waals surface area (Å²) < 4.78 is 0. The lowest BCUT2D eigenvalue weighted by Gasteiger charge is -2.05. The summed E-state index contributed by atoms with van der Waals surface area (Å²) in [6.45, 7) is 2.08. The summed E-state index contributed by atoms with van der Waals surface area (Å²) in [7, 11) is 0. The number of nitrogens with two attached hydrogens (primary N) is 1. The number of halogens is 1. The van der Waals surface area contributed by atoms with Crippen LogP contribution >= 0.6 is 24.2 Å². The van der Waals surface area contributed by atoms with E-state index in [0.29, 0.717) is 0 Å². The van der Waals surface area contributed by atoms with Gasteiger partial charge in [0.15, 0.2) is 5.16 Å². The van der Waals surface area contributed by atoms with E-state index in [-0.39, 0.29) is 18.4 Å². The van der Waals surface area contributed by atoms with Crippen LogP contribution in [0.25, 0.3) is 0 Å². The second kappa shape index (κ2) is 7.12. The van der Waals surface area contributed by atoms with Crippen molar-refractivity contribution in [3.8, 4) is 0 Å². The van der Waals surface area contributed by atoms with E-state index in [2.05, 4.69) is 16.9 Å². The third-order valence-electron chi connectivity index (χ3n) is 1.49. The average Bonchev–Trinajstić information content (AvgIpc) is 2.16.